The summed E-state index contributed by atoms with van der Waals surface area (Å²) in [6, 6.07) is 5.25. The highest BCUT2D eigenvalue weighted by atomic mass is 35.5. The summed E-state index contributed by atoms with van der Waals surface area (Å²) in [5, 5.41) is 2.68. The van der Waals surface area contributed by atoms with Gasteiger partial charge in [-0.1, -0.05) is 0 Å². The van der Waals surface area contributed by atoms with Crippen molar-refractivity contribution in [3.63, 3.8) is 0 Å². The molecule has 2 amide bonds. The van der Waals surface area contributed by atoms with E-state index in [0.717, 1.165) is 38.5 Å². The number of nitrogens with zero attached hydrogens (tertiary/aromatic N) is 2. The van der Waals surface area contributed by atoms with Gasteiger partial charge in [0.05, 0.1) is 18.9 Å². The topological polar surface area (TPSA) is 71.1 Å². The van der Waals surface area contributed by atoms with Crippen LogP contribution in [-0.4, -0.2) is 68.6 Å². The Labute approximate surface area is 145 Å². The van der Waals surface area contributed by atoms with Crippen LogP contribution in [0.3, 0.4) is 0 Å². The number of carbonyl (C=O) groups is 2. The van der Waals surface area contributed by atoms with Gasteiger partial charge in [-0.05, 0) is 12.1 Å². The van der Waals surface area contributed by atoms with Gasteiger partial charge in [0.15, 0.2) is 6.61 Å². The number of hydrogen-bond donors (Lipinski definition) is 1. The summed E-state index contributed by atoms with van der Waals surface area (Å²) in [6.45, 7) is 4.63. The molecule has 2 heterocycles. The van der Waals surface area contributed by atoms with Crippen LogP contribution in [0.4, 0.5) is 11.4 Å². The van der Waals surface area contributed by atoms with Gasteiger partial charge in [0.2, 0.25) is 5.91 Å². The molecule has 0 unspecified atom stereocenters. The maximum absolute atomic E-state index is 12.2. The van der Waals surface area contributed by atoms with Gasteiger partial charge in [0.25, 0.3) is 5.91 Å². The molecule has 24 heavy (non-hydrogen) atoms. The minimum Gasteiger partial charge on any atom is -0.481 e. The van der Waals surface area contributed by atoms with E-state index in [1.165, 1.54) is 0 Å². The number of ether oxygens (including phenoxy) is 2. The quantitative estimate of drug-likeness (QED) is 0.797. The van der Waals surface area contributed by atoms with Crippen molar-refractivity contribution < 1.29 is 19.1 Å². The maximum Gasteiger partial charge on any atom is 0.265 e. The molecule has 2 aliphatic rings. The van der Waals surface area contributed by atoms with Gasteiger partial charge in [-0.25, -0.2) is 0 Å². The Kier molecular flexibility index (Phi) is 5.55. The summed E-state index contributed by atoms with van der Waals surface area (Å²) in [5.74, 6) is 0.132. The summed E-state index contributed by atoms with van der Waals surface area (Å²) in [7, 11) is 0. The molecule has 0 saturated carbocycles. The Morgan fingerprint density at radius 2 is 2.04 bits per heavy atom. The lowest BCUT2D eigenvalue weighted by molar-refractivity contribution is -0.121. The second-order valence-electron chi connectivity index (χ2n) is 5.65. The number of alkyl halides is 1. The number of nitrogens with one attached hydrogen (secondary N) is 1. The average molecular weight is 354 g/mol. The molecule has 130 valence electrons. The van der Waals surface area contributed by atoms with Crippen molar-refractivity contribution in [2.45, 2.75) is 0 Å². The van der Waals surface area contributed by atoms with E-state index in [-0.39, 0.29) is 24.3 Å². The second kappa shape index (κ2) is 7.83. The highest BCUT2D eigenvalue weighted by molar-refractivity contribution is 6.29. The molecule has 1 aromatic carbocycles. The summed E-state index contributed by atoms with van der Waals surface area (Å²) in [5.41, 5.74) is 1.32. The third-order valence-electron chi connectivity index (χ3n) is 4.05. The molecule has 3 rings (SSSR count). The molecular weight excluding hydrogens is 334 g/mol. The summed E-state index contributed by atoms with van der Waals surface area (Å²) in [6.07, 6.45) is 0. The predicted molar refractivity (Wildman–Crippen MR) is 90.9 cm³/mol. The molecule has 2 aliphatic heterocycles. The van der Waals surface area contributed by atoms with Crippen molar-refractivity contribution in [1.29, 1.82) is 0 Å². The Bertz CT molecular complexity index is 619. The lowest BCUT2D eigenvalue weighted by Gasteiger charge is -2.33. The highest BCUT2D eigenvalue weighted by Crippen LogP contribution is 2.34. The third-order valence-corrected chi connectivity index (χ3v) is 4.29. The van der Waals surface area contributed by atoms with Gasteiger partial charge in [-0.3, -0.25) is 14.5 Å². The highest BCUT2D eigenvalue weighted by Gasteiger charge is 2.26. The van der Waals surface area contributed by atoms with E-state index in [0.29, 0.717) is 18.0 Å². The van der Waals surface area contributed by atoms with Crippen molar-refractivity contribution in [2.24, 2.45) is 0 Å². The van der Waals surface area contributed by atoms with Crippen LogP contribution in [0.25, 0.3) is 0 Å². The van der Waals surface area contributed by atoms with E-state index in [2.05, 4.69) is 10.2 Å². The molecule has 1 fully saturated rings. The number of morpholine rings is 1. The van der Waals surface area contributed by atoms with Gasteiger partial charge in [-0.15, -0.1) is 11.6 Å². The van der Waals surface area contributed by atoms with E-state index in [4.69, 9.17) is 21.1 Å². The van der Waals surface area contributed by atoms with Crippen molar-refractivity contribution in [1.82, 2.24) is 4.90 Å². The normalized spacial score (nSPS) is 18.0. The molecule has 1 saturated heterocycles. The first kappa shape index (κ1) is 17.0. The van der Waals surface area contributed by atoms with Crippen LogP contribution in [0.15, 0.2) is 18.2 Å². The van der Waals surface area contributed by atoms with E-state index >= 15 is 0 Å². The lowest BCUT2D eigenvalue weighted by atomic mass is 10.2. The Morgan fingerprint density at radius 3 is 2.79 bits per heavy atom. The molecule has 7 nitrogen and oxygen atoms in total. The monoisotopic (exact) mass is 353 g/mol. The first-order valence-corrected chi connectivity index (χ1v) is 8.44. The third kappa shape index (κ3) is 3.98. The molecule has 0 aliphatic carbocycles. The molecular formula is C16H20ClN3O4. The Morgan fingerprint density at radius 1 is 1.25 bits per heavy atom. The van der Waals surface area contributed by atoms with Gasteiger partial charge in [0.1, 0.15) is 11.6 Å². The fourth-order valence-electron chi connectivity index (χ4n) is 2.79. The molecule has 0 spiro atoms. The first-order valence-electron chi connectivity index (χ1n) is 7.90. The zero-order valence-corrected chi connectivity index (χ0v) is 14.1. The molecule has 1 aromatic rings. The van der Waals surface area contributed by atoms with Crippen LogP contribution < -0.4 is 15.0 Å². The van der Waals surface area contributed by atoms with Crippen LogP contribution in [0, 0.1) is 0 Å². The van der Waals surface area contributed by atoms with Crippen molar-refractivity contribution in [3.05, 3.63) is 18.2 Å². The molecule has 0 atom stereocenters. The van der Waals surface area contributed by atoms with Crippen LogP contribution in [-0.2, 0) is 14.3 Å². The van der Waals surface area contributed by atoms with Gasteiger partial charge in [-0.2, -0.15) is 0 Å². The van der Waals surface area contributed by atoms with Crippen LogP contribution in [0.1, 0.15) is 0 Å². The molecule has 0 bridgehead atoms. The fourth-order valence-corrected chi connectivity index (χ4v) is 2.85. The van der Waals surface area contributed by atoms with E-state index < -0.39 is 0 Å². The number of rotatable bonds is 5. The number of anilines is 2. The summed E-state index contributed by atoms with van der Waals surface area (Å²) in [4.78, 5) is 27.6. The van der Waals surface area contributed by atoms with Gasteiger partial charge >= 0.3 is 0 Å². The van der Waals surface area contributed by atoms with Gasteiger partial charge in [0, 0.05) is 37.9 Å². The average Bonchev–Trinajstić information content (AvgIpc) is 2.61. The molecule has 8 heteroatoms. The second-order valence-corrected chi connectivity index (χ2v) is 5.92. The lowest BCUT2D eigenvalue weighted by Crippen LogP contribution is -2.45. The zero-order chi connectivity index (χ0) is 16.9. The maximum atomic E-state index is 12.2. The largest absolute Gasteiger partial charge is 0.481 e. The summed E-state index contributed by atoms with van der Waals surface area (Å²) >= 11 is 5.49. The Hall–Kier alpha value is -1.83. The van der Waals surface area contributed by atoms with Crippen molar-refractivity contribution >= 4 is 34.8 Å². The number of halogens is 1. The minimum atomic E-state index is -0.285. The minimum absolute atomic E-state index is 0.00299. The SMILES string of the molecule is O=C(CCl)Nc1ccc2c(c1)OCC(=O)N2CCN1CCOCC1. The van der Waals surface area contributed by atoms with Crippen LogP contribution >= 0.6 is 11.6 Å². The number of carbonyl (C=O) groups excluding carboxylic acids is 2. The summed E-state index contributed by atoms with van der Waals surface area (Å²) < 4.78 is 10.8. The number of hydrogen-bond acceptors (Lipinski definition) is 5. The number of benzene rings is 1. The first-order chi connectivity index (χ1) is 11.7. The standard InChI is InChI=1S/C16H20ClN3O4/c17-10-15(21)18-12-1-2-13-14(9-12)24-11-16(22)20(13)4-3-19-5-7-23-8-6-19/h1-2,9H,3-8,10-11H2,(H,18,21). The Balaban J connectivity index is 1.69. The van der Waals surface area contributed by atoms with E-state index in [9.17, 15) is 9.59 Å². The molecule has 0 aromatic heterocycles. The van der Waals surface area contributed by atoms with Crippen LogP contribution in [0.2, 0.25) is 0 Å². The molecule has 0 radical (unpaired) electrons. The fraction of sp³-hybridized carbons (Fsp3) is 0.500. The van der Waals surface area contributed by atoms with Crippen molar-refractivity contribution in [3.8, 4) is 5.75 Å². The smallest absolute Gasteiger partial charge is 0.265 e. The van der Waals surface area contributed by atoms with E-state index in [1.807, 2.05) is 0 Å². The van der Waals surface area contributed by atoms with Crippen molar-refractivity contribution in [2.75, 3.05) is 62.1 Å². The van der Waals surface area contributed by atoms with Gasteiger partial charge < -0.3 is 19.7 Å². The van der Waals surface area contributed by atoms with Crippen LogP contribution in [0.5, 0.6) is 5.75 Å². The van der Waals surface area contributed by atoms with E-state index in [1.54, 1.807) is 23.1 Å². The number of amides is 2. The zero-order valence-electron chi connectivity index (χ0n) is 13.3. The predicted octanol–water partition coefficient (Wildman–Crippen LogP) is 0.921. The number of fused-ring (bicyclic) bond motifs is 1. The molecule has 1 N–H and O–H groups in total.